The number of aromatic nitrogens is 2. The average molecular weight is 410 g/mol. The summed E-state index contributed by atoms with van der Waals surface area (Å²) >= 11 is 6.05. The van der Waals surface area contributed by atoms with E-state index in [1.807, 2.05) is 0 Å². The van der Waals surface area contributed by atoms with Crippen LogP contribution >= 0.6 is 31.9 Å². The molecular weight excluding hydrogens is 402 g/mol. The van der Waals surface area contributed by atoms with E-state index in [-0.39, 0.29) is 17.7 Å². The van der Waals surface area contributed by atoms with Gasteiger partial charge in [0.05, 0.1) is 24.6 Å². The van der Waals surface area contributed by atoms with Crippen molar-refractivity contribution in [2.24, 2.45) is 0 Å². The number of carbonyl (C=O) groups is 1. The summed E-state index contributed by atoms with van der Waals surface area (Å²) in [6.45, 7) is -0.299. The number of carbonyl (C=O) groups excluding carboxylic acids is 1. The van der Waals surface area contributed by atoms with Crippen molar-refractivity contribution in [3.05, 3.63) is 56.5 Å². The van der Waals surface area contributed by atoms with Gasteiger partial charge in [-0.15, -0.1) is 0 Å². The summed E-state index contributed by atoms with van der Waals surface area (Å²) in [6.07, 6.45) is 2.51. The molecule has 0 unspecified atom stereocenters. The Morgan fingerprint density at radius 3 is 2.10 bits per heavy atom. The lowest BCUT2D eigenvalue weighted by Crippen LogP contribution is -1.90. The van der Waals surface area contributed by atoms with Gasteiger partial charge in [0.25, 0.3) is 0 Å². The Morgan fingerprint density at radius 1 is 1.10 bits per heavy atom. The Morgan fingerprint density at radius 2 is 1.65 bits per heavy atom. The number of aldehydes is 1. The zero-order chi connectivity index (χ0) is 15.1. The van der Waals surface area contributed by atoms with Gasteiger partial charge < -0.3 is 5.11 Å². The van der Waals surface area contributed by atoms with Gasteiger partial charge in [-0.1, -0.05) is 0 Å². The number of pyridine rings is 2. The lowest BCUT2D eigenvalue weighted by Gasteiger charge is -1.96. The van der Waals surface area contributed by atoms with E-state index in [1.165, 1.54) is 12.1 Å². The van der Waals surface area contributed by atoms with Gasteiger partial charge in [-0.3, -0.25) is 4.79 Å². The van der Waals surface area contributed by atoms with Crippen LogP contribution in [0.1, 0.15) is 15.9 Å². The summed E-state index contributed by atoms with van der Waals surface area (Å²) in [5.74, 6) is -1.08. The average Bonchev–Trinajstić information content (AvgIpc) is 2.44. The minimum Gasteiger partial charge on any atom is -0.392 e. The SMILES string of the molecule is O=Cc1cc(Br)ncc1F.OCc1cc(Br)ncc1F. The zero-order valence-electron chi connectivity index (χ0n) is 9.86. The highest BCUT2D eigenvalue weighted by Crippen LogP contribution is 2.11. The third-order valence-corrected chi connectivity index (χ3v) is 2.92. The summed E-state index contributed by atoms with van der Waals surface area (Å²) in [6, 6.07) is 2.76. The Hall–Kier alpha value is -1.25. The highest BCUT2D eigenvalue weighted by Gasteiger charge is 2.01. The number of hydrogen-bond donors (Lipinski definition) is 1. The first kappa shape index (κ1) is 16.8. The van der Waals surface area contributed by atoms with Crippen LogP contribution in [0, 0.1) is 11.6 Å². The van der Waals surface area contributed by atoms with E-state index >= 15 is 0 Å². The molecular formula is C12H8Br2F2N2O2. The molecule has 0 aliphatic rings. The number of aliphatic hydroxyl groups excluding tert-OH is 1. The first-order chi connectivity index (χ1) is 9.47. The number of rotatable bonds is 2. The van der Waals surface area contributed by atoms with Crippen LogP contribution in [0.4, 0.5) is 8.78 Å². The molecule has 0 atom stereocenters. The molecule has 0 saturated carbocycles. The van der Waals surface area contributed by atoms with Gasteiger partial charge in [-0.05, 0) is 44.0 Å². The van der Waals surface area contributed by atoms with Gasteiger partial charge in [0.1, 0.15) is 15.0 Å². The highest BCUT2D eigenvalue weighted by atomic mass is 79.9. The lowest BCUT2D eigenvalue weighted by atomic mass is 10.3. The molecule has 0 radical (unpaired) electrons. The predicted octanol–water partition coefficient (Wildman–Crippen LogP) is 3.27. The second kappa shape index (κ2) is 8.13. The number of hydrogen-bond acceptors (Lipinski definition) is 4. The monoisotopic (exact) mass is 408 g/mol. The first-order valence-electron chi connectivity index (χ1n) is 5.15. The van der Waals surface area contributed by atoms with E-state index in [9.17, 15) is 13.6 Å². The molecule has 2 rings (SSSR count). The molecule has 0 aliphatic heterocycles. The summed E-state index contributed by atoms with van der Waals surface area (Å²) in [7, 11) is 0. The predicted molar refractivity (Wildman–Crippen MR) is 75.1 cm³/mol. The molecule has 1 N–H and O–H groups in total. The van der Waals surface area contributed by atoms with Gasteiger partial charge in [0.2, 0.25) is 0 Å². The molecule has 0 bridgehead atoms. The van der Waals surface area contributed by atoms with Crippen molar-refractivity contribution in [1.82, 2.24) is 9.97 Å². The minimum absolute atomic E-state index is 0.0156. The van der Waals surface area contributed by atoms with Crippen molar-refractivity contribution in [3.63, 3.8) is 0 Å². The number of halogens is 4. The van der Waals surface area contributed by atoms with E-state index in [4.69, 9.17) is 5.11 Å². The van der Waals surface area contributed by atoms with E-state index in [0.29, 0.717) is 15.5 Å². The quantitative estimate of drug-likeness (QED) is 0.610. The highest BCUT2D eigenvalue weighted by molar-refractivity contribution is 9.10. The Bertz CT molecular complexity index is 612. The molecule has 20 heavy (non-hydrogen) atoms. The van der Waals surface area contributed by atoms with Gasteiger partial charge >= 0.3 is 0 Å². The van der Waals surface area contributed by atoms with Crippen LogP contribution in [0.3, 0.4) is 0 Å². The summed E-state index contributed by atoms with van der Waals surface area (Å²) in [5.41, 5.74) is 0.267. The fraction of sp³-hybridized carbons (Fsp3) is 0.0833. The maximum Gasteiger partial charge on any atom is 0.153 e. The van der Waals surface area contributed by atoms with Crippen LogP contribution in [-0.2, 0) is 6.61 Å². The van der Waals surface area contributed by atoms with Gasteiger partial charge in [0.15, 0.2) is 12.1 Å². The van der Waals surface area contributed by atoms with Crippen LogP contribution in [0.5, 0.6) is 0 Å². The van der Waals surface area contributed by atoms with Gasteiger partial charge in [0, 0.05) is 5.56 Å². The molecule has 0 aliphatic carbocycles. The molecule has 8 heteroatoms. The second-order valence-corrected chi connectivity index (χ2v) is 5.03. The standard InChI is InChI=1S/C6H5BrFNO.C6H3BrFNO/c2*7-6-1-4(3-10)5(8)2-9-6/h1-2,10H,3H2;1-3H. The molecule has 0 fully saturated rings. The molecule has 2 heterocycles. The third-order valence-electron chi connectivity index (χ3n) is 2.05. The Labute approximate surface area is 130 Å². The Balaban J connectivity index is 0.000000200. The molecule has 2 aromatic heterocycles. The molecule has 0 aromatic carbocycles. The molecule has 0 saturated heterocycles. The molecule has 4 nitrogen and oxygen atoms in total. The number of aliphatic hydroxyl groups is 1. The van der Waals surface area contributed by atoms with E-state index in [1.54, 1.807) is 0 Å². The van der Waals surface area contributed by atoms with Gasteiger partial charge in [-0.2, -0.15) is 0 Å². The normalized spacial score (nSPS) is 9.65. The van der Waals surface area contributed by atoms with E-state index in [0.717, 1.165) is 12.4 Å². The topological polar surface area (TPSA) is 63.1 Å². The fourth-order valence-corrected chi connectivity index (χ4v) is 1.82. The van der Waals surface area contributed by atoms with Crippen molar-refractivity contribution in [3.8, 4) is 0 Å². The number of nitrogens with zero attached hydrogens (tertiary/aromatic N) is 2. The van der Waals surface area contributed by atoms with E-state index in [2.05, 4.69) is 41.8 Å². The van der Waals surface area contributed by atoms with Crippen molar-refractivity contribution in [1.29, 1.82) is 0 Å². The van der Waals surface area contributed by atoms with Crippen LogP contribution in [0.2, 0.25) is 0 Å². The maximum atomic E-state index is 12.5. The van der Waals surface area contributed by atoms with Crippen LogP contribution in [-0.4, -0.2) is 21.4 Å². The second-order valence-electron chi connectivity index (χ2n) is 3.40. The van der Waals surface area contributed by atoms with Crippen LogP contribution < -0.4 is 0 Å². The third kappa shape index (κ3) is 5.03. The molecule has 0 amide bonds. The van der Waals surface area contributed by atoms with Crippen molar-refractivity contribution < 1.29 is 18.7 Å². The van der Waals surface area contributed by atoms with Crippen LogP contribution in [0.25, 0.3) is 0 Å². The zero-order valence-corrected chi connectivity index (χ0v) is 13.0. The minimum atomic E-state index is -0.599. The summed E-state index contributed by atoms with van der Waals surface area (Å²) in [5, 5.41) is 8.55. The van der Waals surface area contributed by atoms with Crippen molar-refractivity contribution in [2.45, 2.75) is 6.61 Å². The van der Waals surface area contributed by atoms with Crippen LogP contribution in [0.15, 0.2) is 33.7 Å². The largest absolute Gasteiger partial charge is 0.392 e. The van der Waals surface area contributed by atoms with Gasteiger partial charge in [-0.25, -0.2) is 18.7 Å². The van der Waals surface area contributed by atoms with Crippen molar-refractivity contribution >= 4 is 38.1 Å². The van der Waals surface area contributed by atoms with E-state index < -0.39 is 11.6 Å². The van der Waals surface area contributed by atoms with Crippen molar-refractivity contribution in [2.75, 3.05) is 0 Å². The Kier molecular flexibility index (Phi) is 6.83. The lowest BCUT2D eigenvalue weighted by molar-refractivity contribution is 0.111. The molecule has 106 valence electrons. The first-order valence-corrected chi connectivity index (χ1v) is 6.73. The fourth-order valence-electron chi connectivity index (χ4n) is 1.09. The maximum absolute atomic E-state index is 12.5. The summed E-state index contributed by atoms with van der Waals surface area (Å²) < 4.78 is 26.0. The molecule has 2 aromatic rings. The molecule has 0 spiro atoms. The smallest absolute Gasteiger partial charge is 0.153 e. The summed E-state index contributed by atoms with van der Waals surface area (Å²) in [4.78, 5) is 17.3.